The quantitative estimate of drug-likeness (QED) is 0.719. The van der Waals surface area contributed by atoms with E-state index in [1.807, 2.05) is 24.3 Å². The second-order valence-electron chi connectivity index (χ2n) is 5.42. The number of thioether (sulfide) groups is 1. The summed E-state index contributed by atoms with van der Waals surface area (Å²) in [6.45, 7) is 0. The van der Waals surface area contributed by atoms with Crippen molar-refractivity contribution in [1.29, 1.82) is 0 Å². The smallest absolute Gasteiger partial charge is 0.277 e. The number of hydrogen-bond donors (Lipinski definition) is 1. The highest BCUT2D eigenvalue weighted by atomic mass is 35.5. The van der Waals surface area contributed by atoms with Gasteiger partial charge in [-0.25, -0.2) is 8.42 Å². The van der Waals surface area contributed by atoms with E-state index in [0.29, 0.717) is 15.8 Å². The van der Waals surface area contributed by atoms with Gasteiger partial charge < -0.3 is 9.52 Å². The van der Waals surface area contributed by atoms with Gasteiger partial charge in [-0.3, -0.25) is 0 Å². The maximum atomic E-state index is 11.6. The van der Waals surface area contributed by atoms with Crippen molar-refractivity contribution >= 4 is 54.6 Å². The van der Waals surface area contributed by atoms with Crippen LogP contribution in [0.5, 0.6) is 0 Å². The maximum Gasteiger partial charge on any atom is 0.277 e. The topological polar surface area (TPSA) is 93.3 Å². The monoisotopic (exact) mass is 402 g/mol. The third kappa shape index (κ3) is 2.95. The molecule has 0 radical (unpaired) electrons. The Hall–Kier alpha value is -1.13. The standard InChI is InChI=1S/C14H11ClN2O4S3/c15-11-7-3-1-2-4-9(7)22-12(11)13-16-17-14(21-13)23-10-6-24(19,20)5-8(10)18/h1-4,8,10,18H,5-6H2/t8-,10+/m0/s1. The summed E-state index contributed by atoms with van der Waals surface area (Å²) < 4.78 is 29.7. The number of halogens is 1. The van der Waals surface area contributed by atoms with Crippen LogP contribution in [-0.4, -0.2) is 46.6 Å². The molecule has 1 aliphatic heterocycles. The van der Waals surface area contributed by atoms with Gasteiger partial charge >= 0.3 is 0 Å². The summed E-state index contributed by atoms with van der Waals surface area (Å²) in [6, 6.07) is 7.71. The van der Waals surface area contributed by atoms with E-state index in [4.69, 9.17) is 16.0 Å². The first kappa shape index (κ1) is 16.3. The molecule has 1 saturated heterocycles. The first-order valence-corrected chi connectivity index (χ1v) is 10.9. The lowest BCUT2D eigenvalue weighted by Gasteiger charge is -2.07. The van der Waals surface area contributed by atoms with Gasteiger partial charge in [0.2, 0.25) is 0 Å². The predicted octanol–water partition coefficient (Wildman–Crippen LogP) is 2.85. The molecule has 3 aromatic rings. The fourth-order valence-corrected chi connectivity index (χ4v) is 7.33. The highest BCUT2D eigenvalue weighted by Gasteiger charge is 2.38. The summed E-state index contributed by atoms with van der Waals surface area (Å²) in [4.78, 5) is 0.678. The van der Waals surface area contributed by atoms with Gasteiger partial charge in [-0.05, 0) is 6.07 Å². The highest BCUT2D eigenvalue weighted by Crippen LogP contribution is 2.42. The molecular formula is C14H11ClN2O4S3. The van der Waals surface area contributed by atoms with Crippen molar-refractivity contribution in [2.45, 2.75) is 16.6 Å². The van der Waals surface area contributed by atoms with Crippen molar-refractivity contribution in [1.82, 2.24) is 10.2 Å². The average Bonchev–Trinajstić information content (AvgIpc) is 3.17. The number of sulfone groups is 1. The molecule has 1 fully saturated rings. The zero-order valence-corrected chi connectivity index (χ0v) is 15.3. The van der Waals surface area contributed by atoms with E-state index in [1.165, 1.54) is 11.3 Å². The molecule has 1 aliphatic rings. The first-order chi connectivity index (χ1) is 11.4. The Balaban J connectivity index is 1.62. The number of aliphatic hydroxyl groups is 1. The molecule has 1 aromatic carbocycles. The molecule has 0 aliphatic carbocycles. The lowest BCUT2D eigenvalue weighted by atomic mass is 10.2. The highest BCUT2D eigenvalue weighted by molar-refractivity contribution is 8.01. The fourth-order valence-electron chi connectivity index (χ4n) is 2.54. The average molecular weight is 403 g/mol. The van der Waals surface area contributed by atoms with Crippen LogP contribution in [-0.2, 0) is 9.84 Å². The zero-order chi connectivity index (χ0) is 16.9. The van der Waals surface area contributed by atoms with Crippen LogP contribution in [0.2, 0.25) is 5.02 Å². The molecule has 0 saturated carbocycles. The number of benzene rings is 1. The van der Waals surface area contributed by atoms with E-state index in [1.54, 1.807) is 0 Å². The van der Waals surface area contributed by atoms with E-state index in [2.05, 4.69) is 10.2 Å². The van der Waals surface area contributed by atoms with E-state index in [-0.39, 0.29) is 16.7 Å². The molecule has 126 valence electrons. The molecule has 0 bridgehead atoms. The zero-order valence-electron chi connectivity index (χ0n) is 12.0. The summed E-state index contributed by atoms with van der Waals surface area (Å²) >= 11 is 8.92. The Morgan fingerprint density at radius 1 is 1.29 bits per heavy atom. The summed E-state index contributed by atoms with van der Waals surface area (Å²) in [5, 5.41) is 19.0. The maximum absolute atomic E-state index is 11.6. The molecule has 0 unspecified atom stereocenters. The number of aromatic nitrogens is 2. The minimum atomic E-state index is -3.21. The van der Waals surface area contributed by atoms with Crippen LogP contribution in [0.15, 0.2) is 33.9 Å². The number of aliphatic hydroxyl groups excluding tert-OH is 1. The van der Waals surface area contributed by atoms with Gasteiger partial charge in [-0.2, -0.15) is 0 Å². The Morgan fingerprint density at radius 3 is 2.79 bits per heavy atom. The fraction of sp³-hybridized carbons (Fsp3) is 0.286. The van der Waals surface area contributed by atoms with Crippen LogP contribution in [0.4, 0.5) is 0 Å². The largest absolute Gasteiger partial charge is 0.410 e. The predicted molar refractivity (Wildman–Crippen MR) is 94.4 cm³/mol. The molecular weight excluding hydrogens is 392 g/mol. The van der Waals surface area contributed by atoms with Gasteiger partial charge in [0.05, 0.1) is 27.9 Å². The summed E-state index contributed by atoms with van der Waals surface area (Å²) in [5.74, 6) is -0.0346. The third-order valence-electron chi connectivity index (χ3n) is 3.66. The molecule has 0 spiro atoms. The lowest BCUT2D eigenvalue weighted by molar-refractivity contribution is 0.207. The number of nitrogens with zero attached hydrogens (tertiary/aromatic N) is 2. The molecule has 24 heavy (non-hydrogen) atoms. The van der Waals surface area contributed by atoms with Crippen LogP contribution < -0.4 is 0 Å². The van der Waals surface area contributed by atoms with Crippen LogP contribution in [0.1, 0.15) is 0 Å². The lowest BCUT2D eigenvalue weighted by Crippen LogP contribution is -2.19. The van der Waals surface area contributed by atoms with Crippen molar-refractivity contribution < 1.29 is 17.9 Å². The van der Waals surface area contributed by atoms with Gasteiger partial charge in [0.1, 0.15) is 4.88 Å². The van der Waals surface area contributed by atoms with Crippen molar-refractivity contribution in [3.63, 3.8) is 0 Å². The van der Waals surface area contributed by atoms with Crippen LogP contribution in [0.3, 0.4) is 0 Å². The Labute approximate surface area is 150 Å². The van der Waals surface area contributed by atoms with E-state index >= 15 is 0 Å². The second kappa shape index (κ2) is 5.99. The van der Waals surface area contributed by atoms with Gasteiger partial charge in [-0.15, -0.1) is 21.5 Å². The SMILES string of the molecule is O=S1(=O)C[C@H](O)[C@H](Sc2nnc(-c3sc4ccccc4c3Cl)o2)C1. The molecule has 10 heteroatoms. The number of hydrogen-bond acceptors (Lipinski definition) is 8. The molecule has 4 rings (SSSR count). The molecule has 3 heterocycles. The van der Waals surface area contributed by atoms with Gasteiger partial charge in [0.15, 0.2) is 9.84 Å². The van der Waals surface area contributed by atoms with Gasteiger partial charge in [-0.1, -0.05) is 41.6 Å². The van der Waals surface area contributed by atoms with Crippen LogP contribution in [0, 0.1) is 0 Å². The van der Waals surface area contributed by atoms with E-state index in [0.717, 1.165) is 21.8 Å². The summed E-state index contributed by atoms with van der Waals surface area (Å²) in [6.07, 6.45) is -0.928. The van der Waals surface area contributed by atoms with Gasteiger partial charge in [0, 0.05) is 10.1 Å². The number of thiophene rings is 1. The molecule has 6 nitrogen and oxygen atoms in total. The van der Waals surface area contributed by atoms with E-state index < -0.39 is 21.2 Å². The third-order valence-corrected chi connectivity index (χ3v) is 8.40. The van der Waals surface area contributed by atoms with Crippen molar-refractivity contribution in [3.8, 4) is 10.8 Å². The van der Waals surface area contributed by atoms with Gasteiger partial charge in [0.25, 0.3) is 11.1 Å². The van der Waals surface area contributed by atoms with Crippen molar-refractivity contribution in [3.05, 3.63) is 29.3 Å². The molecule has 2 aromatic heterocycles. The van der Waals surface area contributed by atoms with Crippen molar-refractivity contribution in [2.24, 2.45) is 0 Å². The minimum absolute atomic E-state index is 0.0970. The molecule has 1 N–H and O–H groups in total. The molecule has 0 amide bonds. The molecule has 2 atom stereocenters. The summed E-state index contributed by atoms with van der Waals surface area (Å²) in [5.41, 5.74) is 0. The Morgan fingerprint density at radius 2 is 2.08 bits per heavy atom. The number of rotatable bonds is 3. The van der Waals surface area contributed by atoms with Crippen LogP contribution >= 0.6 is 34.7 Å². The van der Waals surface area contributed by atoms with Crippen molar-refractivity contribution in [2.75, 3.05) is 11.5 Å². The summed E-state index contributed by atoms with van der Waals surface area (Å²) in [7, 11) is -3.21. The first-order valence-electron chi connectivity index (χ1n) is 6.99. The minimum Gasteiger partial charge on any atom is -0.410 e. The Kier molecular flexibility index (Phi) is 4.08. The normalized spacial score (nSPS) is 23.1. The Bertz CT molecular complexity index is 1010. The van der Waals surface area contributed by atoms with Crippen LogP contribution in [0.25, 0.3) is 20.9 Å². The van der Waals surface area contributed by atoms with E-state index in [9.17, 15) is 13.5 Å². The number of fused-ring (bicyclic) bond motifs is 1. The second-order valence-corrected chi connectivity index (χ2v) is 10.2.